The average molecular weight is 517 g/mol. The fourth-order valence-electron chi connectivity index (χ4n) is 5.14. The Hall–Kier alpha value is -3.58. The van der Waals surface area contributed by atoms with Crippen LogP contribution in [0.15, 0.2) is 67.3 Å². The van der Waals surface area contributed by atoms with E-state index in [1.807, 2.05) is 4.57 Å². The monoisotopic (exact) mass is 516 g/mol. The molecule has 0 amide bonds. The minimum atomic E-state index is -1.74. The molecule has 0 radical (unpaired) electrons. The molecule has 0 aliphatic carbocycles. The number of rotatable bonds is 5. The van der Waals surface area contributed by atoms with Crippen LogP contribution in [-0.4, -0.2) is 24.4 Å². The van der Waals surface area contributed by atoms with E-state index in [-0.39, 0.29) is 29.5 Å². The Bertz CT molecular complexity index is 1550. The summed E-state index contributed by atoms with van der Waals surface area (Å²) in [6, 6.07) is 16.1. The third-order valence-corrected chi connectivity index (χ3v) is 7.34. The molecule has 1 unspecified atom stereocenters. The van der Waals surface area contributed by atoms with Crippen LogP contribution in [0.1, 0.15) is 58.2 Å². The van der Waals surface area contributed by atoms with Crippen molar-refractivity contribution in [1.82, 2.24) is 19.3 Å². The molecule has 1 atom stereocenters. The van der Waals surface area contributed by atoms with Gasteiger partial charge in [0.05, 0.1) is 13.1 Å². The molecule has 1 N–H and O–H groups in total. The summed E-state index contributed by atoms with van der Waals surface area (Å²) in [7, 11) is 0. The SMILES string of the molecule is CC(C)(C)c1ccc2c(c1)c1cc(C(C)(C)C)ccc1n2CC(O)(Cn1cncn1)c1ccc(F)cc1F. The third-order valence-electron chi connectivity index (χ3n) is 7.34. The van der Waals surface area contributed by atoms with Crippen molar-refractivity contribution in [2.75, 3.05) is 0 Å². The second-order valence-electron chi connectivity index (χ2n) is 12.3. The van der Waals surface area contributed by atoms with E-state index in [4.69, 9.17) is 0 Å². The quantitative estimate of drug-likeness (QED) is 0.278. The van der Waals surface area contributed by atoms with Crippen LogP contribution in [0.3, 0.4) is 0 Å². The van der Waals surface area contributed by atoms with Gasteiger partial charge in [-0.2, -0.15) is 5.10 Å². The van der Waals surface area contributed by atoms with Crippen molar-refractivity contribution >= 4 is 21.8 Å². The smallest absolute Gasteiger partial charge is 0.137 e. The van der Waals surface area contributed by atoms with Crippen LogP contribution in [-0.2, 0) is 29.5 Å². The summed E-state index contributed by atoms with van der Waals surface area (Å²) in [6.07, 6.45) is 2.84. The van der Waals surface area contributed by atoms with Crippen molar-refractivity contribution in [3.63, 3.8) is 0 Å². The van der Waals surface area contributed by atoms with Crippen LogP contribution in [0.2, 0.25) is 0 Å². The summed E-state index contributed by atoms with van der Waals surface area (Å²) in [5.41, 5.74) is 2.43. The molecule has 38 heavy (non-hydrogen) atoms. The number of aliphatic hydroxyl groups is 1. The summed E-state index contributed by atoms with van der Waals surface area (Å²) in [4.78, 5) is 3.98. The van der Waals surface area contributed by atoms with E-state index in [2.05, 4.69) is 88.0 Å². The highest BCUT2D eigenvalue weighted by atomic mass is 19.1. The van der Waals surface area contributed by atoms with Gasteiger partial charge in [-0.3, -0.25) is 0 Å². The summed E-state index contributed by atoms with van der Waals surface area (Å²) >= 11 is 0. The lowest BCUT2D eigenvalue weighted by molar-refractivity contribution is -0.00340. The van der Waals surface area contributed by atoms with E-state index >= 15 is 4.39 Å². The molecule has 0 spiro atoms. The molecule has 0 aliphatic rings. The molecule has 0 fully saturated rings. The summed E-state index contributed by atoms with van der Waals surface area (Å²) in [5, 5.41) is 18.4. The molecule has 0 aliphatic heterocycles. The first-order valence-corrected chi connectivity index (χ1v) is 12.8. The van der Waals surface area contributed by atoms with Gasteiger partial charge in [-0.25, -0.2) is 18.4 Å². The van der Waals surface area contributed by atoms with E-state index in [1.54, 1.807) is 0 Å². The Morgan fingerprint density at radius 1 is 0.763 bits per heavy atom. The Labute approximate surface area is 221 Å². The van der Waals surface area contributed by atoms with Crippen LogP contribution in [0.4, 0.5) is 8.78 Å². The van der Waals surface area contributed by atoms with E-state index in [0.29, 0.717) is 0 Å². The van der Waals surface area contributed by atoms with Crippen molar-refractivity contribution in [3.05, 3.63) is 95.6 Å². The van der Waals surface area contributed by atoms with E-state index in [1.165, 1.54) is 40.6 Å². The summed E-state index contributed by atoms with van der Waals surface area (Å²) in [5.74, 6) is -1.51. The van der Waals surface area contributed by atoms with Gasteiger partial charge >= 0.3 is 0 Å². The van der Waals surface area contributed by atoms with Crippen LogP contribution < -0.4 is 0 Å². The lowest BCUT2D eigenvalue weighted by Crippen LogP contribution is -2.37. The Morgan fingerprint density at radius 2 is 1.34 bits per heavy atom. The lowest BCUT2D eigenvalue weighted by Gasteiger charge is -2.30. The molecular formula is C31H34F2N4O. The van der Waals surface area contributed by atoms with Crippen LogP contribution in [0.25, 0.3) is 21.8 Å². The molecule has 7 heteroatoms. The molecule has 5 nitrogen and oxygen atoms in total. The van der Waals surface area contributed by atoms with E-state index in [0.717, 1.165) is 27.9 Å². The second-order valence-corrected chi connectivity index (χ2v) is 12.3. The summed E-state index contributed by atoms with van der Waals surface area (Å²) < 4.78 is 32.5. The maximum absolute atomic E-state index is 15.1. The molecule has 5 rings (SSSR count). The zero-order valence-corrected chi connectivity index (χ0v) is 22.8. The molecule has 3 aromatic carbocycles. The van der Waals surface area contributed by atoms with Gasteiger partial charge in [0, 0.05) is 33.4 Å². The van der Waals surface area contributed by atoms with Gasteiger partial charge in [0.1, 0.15) is 29.9 Å². The number of hydrogen-bond acceptors (Lipinski definition) is 3. The molecule has 5 aromatic rings. The van der Waals surface area contributed by atoms with Gasteiger partial charge in [0.2, 0.25) is 0 Å². The molecule has 0 saturated carbocycles. The highest BCUT2D eigenvalue weighted by Crippen LogP contribution is 2.38. The number of halogens is 2. The van der Waals surface area contributed by atoms with Crippen molar-refractivity contribution in [3.8, 4) is 0 Å². The highest BCUT2D eigenvalue weighted by molar-refractivity contribution is 6.08. The van der Waals surface area contributed by atoms with Gasteiger partial charge in [-0.05, 0) is 52.3 Å². The maximum Gasteiger partial charge on any atom is 0.137 e. The fraction of sp³-hybridized carbons (Fsp3) is 0.355. The number of hydrogen-bond donors (Lipinski definition) is 1. The van der Waals surface area contributed by atoms with E-state index < -0.39 is 17.2 Å². The van der Waals surface area contributed by atoms with Crippen molar-refractivity contribution in [1.29, 1.82) is 0 Å². The Morgan fingerprint density at radius 3 is 1.82 bits per heavy atom. The molecule has 0 saturated heterocycles. The van der Waals surface area contributed by atoms with Crippen LogP contribution in [0, 0.1) is 11.6 Å². The number of benzene rings is 3. The number of nitrogens with zero attached hydrogens (tertiary/aromatic N) is 4. The molecule has 198 valence electrons. The molecule has 2 heterocycles. The number of fused-ring (bicyclic) bond motifs is 3. The van der Waals surface area contributed by atoms with Crippen LogP contribution >= 0.6 is 0 Å². The number of aromatic nitrogens is 4. The van der Waals surface area contributed by atoms with Gasteiger partial charge in [0.25, 0.3) is 0 Å². The van der Waals surface area contributed by atoms with E-state index in [9.17, 15) is 9.50 Å². The van der Waals surface area contributed by atoms with Crippen molar-refractivity contribution < 1.29 is 13.9 Å². The maximum atomic E-state index is 15.1. The minimum Gasteiger partial charge on any atom is -0.381 e. The standard InChI is InChI=1S/C31H34F2N4O/c1-29(2,3)20-7-11-27-23(13-20)24-14-21(30(4,5)6)8-12-28(24)37(27)17-31(38,16-36-19-34-18-35-36)25-10-9-22(32)15-26(25)33/h7-15,18-19,38H,16-17H2,1-6H3. The highest BCUT2D eigenvalue weighted by Gasteiger charge is 2.35. The Balaban J connectivity index is 1.76. The predicted octanol–water partition coefficient (Wildman–Crippen LogP) is 6.85. The lowest BCUT2D eigenvalue weighted by atomic mass is 9.85. The fourth-order valence-corrected chi connectivity index (χ4v) is 5.14. The summed E-state index contributed by atoms with van der Waals surface area (Å²) in [6.45, 7) is 13.1. The average Bonchev–Trinajstić information content (AvgIpc) is 3.43. The normalized spacial score (nSPS) is 14.3. The largest absolute Gasteiger partial charge is 0.381 e. The minimum absolute atomic E-state index is 0.00187. The third kappa shape index (κ3) is 4.71. The van der Waals surface area contributed by atoms with Gasteiger partial charge in [-0.15, -0.1) is 0 Å². The van der Waals surface area contributed by atoms with Crippen molar-refractivity contribution in [2.45, 2.75) is 71.1 Å². The molecule has 0 bridgehead atoms. The van der Waals surface area contributed by atoms with Gasteiger partial charge in [0.15, 0.2) is 0 Å². The predicted molar refractivity (Wildman–Crippen MR) is 147 cm³/mol. The first-order valence-electron chi connectivity index (χ1n) is 12.8. The van der Waals surface area contributed by atoms with Crippen LogP contribution in [0.5, 0.6) is 0 Å². The van der Waals surface area contributed by atoms with Gasteiger partial charge < -0.3 is 9.67 Å². The zero-order valence-electron chi connectivity index (χ0n) is 22.8. The zero-order chi connectivity index (χ0) is 27.5. The Kier molecular flexibility index (Phi) is 6.18. The van der Waals surface area contributed by atoms with Gasteiger partial charge in [-0.1, -0.05) is 59.7 Å². The molecular weight excluding hydrogens is 482 g/mol. The topological polar surface area (TPSA) is 55.9 Å². The first-order chi connectivity index (χ1) is 17.8. The molecule has 2 aromatic heterocycles. The first kappa shape index (κ1) is 26.0. The van der Waals surface area contributed by atoms with Crippen molar-refractivity contribution in [2.24, 2.45) is 0 Å². The second kappa shape index (κ2) is 9.02.